The van der Waals surface area contributed by atoms with Gasteiger partial charge in [-0.3, -0.25) is 10.4 Å². The normalized spacial score (nSPS) is 13.0. The number of nitrogens with zero attached hydrogens (tertiary/aromatic N) is 3. The molecular weight excluding hydrogens is 348 g/mol. The second kappa shape index (κ2) is 6.98. The number of ether oxygens (including phenoxy) is 1. The Hall–Kier alpha value is -3.18. The topological polar surface area (TPSA) is 58.9 Å². The Morgan fingerprint density at radius 1 is 1.00 bits per heavy atom. The number of nitrogens with one attached hydrogen (secondary N) is 1. The smallest absolute Gasteiger partial charge is 0.155 e. The first kappa shape index (κ1) is 16.3. The second-order valence-electron chi connectivity index (χ2n) is 5.66. The maximum atomic E-state index is 6.23. The molecular formula is C20H15ClN4O. The molecule has 0 bridgehead atoms. The Balaban J connectivity index is 1.84. The molecule has 0 atom stereocenters. The second-order valence-corrected chi connectivity index (χ2v) is 6.10. The number of aromatic nitrogens is 1. The first-order valence-corrected chi connectivity index (χ1v) is 8.39. The summed E-state index contributed by atoms with van der Waals surface area (Å²) in [5, 5.41) is 5.23. The van der Waals surface area contributed by atoms with Crippen molar-refractivity contribution in [3.05, 3.63) is 88.7 Å². The van der Waals surface area contributed by atoms with Gasteiger partial charge < -0.3 is 4.74 Å². The van der Waals surface area contributed by atoms with E-state index >= 15 is 0 Å². The van der Waals surface area contributed by atoms with Crippen molar-refractivity contribution in [1.82, 2.24) is 10.4 Å². The number of hydrogen-bond donors (Lipinski definition) is 1. The molecule has 0 radical (unpaired) electrons. The highest BCUT2D eigenvalue weighted by atomic mass is 35.5. The molecule has 128 valence electrons. The molecule has 26 heavy (non-hydrogen) atoms. The van der Waals surface area contributed by atoms with Crippen LogP contribution in [0.3, 0.4) is 0 Å². The van der Waals surface area contributed by atoms with Crippen LogP contribution < -0.4 is 10.2 Å². The van der Waals surface area contributed by atoms with Crippen molar-refractivity contribution < 1.29 is 4.74 Å². The average molecular weight is 363 g/mol. The minimum Gasteiger partial charge on any atom is -0.497 e. The van der Waals surface area contributed by atoms with Crippen LogP contribution in [0.1, 0.15) is 16.7 Å². The van der Waals surface area contributed by atoms with Gasteiger partial charge in [-0.05, 0) is 54.6 Å². The molecule has 2 aromatic carbocycles. The molecule has 4 rings (SSSR count). The van der Waals surface area contributed by atoms with E-state index < -0.39 is 0 Å². The van der Waals surface area contributed by atoms with Crippen LogP contribution in [0.4, 0.5) is 5.69 Å². The summed E-state index contributed by atoms with van der Waals surface area (Å²) in [5.41, 5.74) is 7.25. The van der Waals surface area contributed by atoms with E-state index in [1.807, 2.05) is 54.6 Å². The first-order chi connectivity index (χ1) is 12.7. The minimum atomic E-state index is 0.630. The van der Waals surface area contributed by atoms with Gasteiger partial charge in [0, 0.05) is 34.1 Å². The van der Waals surface area contributed by atoms with Crippen molar-refractivity contribution >= 4 is 28.8 Å². The van der Waals surface area contributed by atoms with Crippen molar-refractivity contribution in [2.45, 2.75) is 0 Å². The van der Waals surface area contributed by atoms with Gasteiger partial charge >= 0.3 is 0 Å². The fourth-order valence-electron chi connectivity index (χ4n) is 2.71. The van der Waals surface area contributed by atoms with Gasteiger partial charge in [-0.25, -0.2) is 4.99 Å². The van der Waals surface area contributed by atoms with Gasteiger partial charge in [-0.2, -0.15) is 5.10 Å². The molecule has 0 saturated carbocycles. The molecule has 0 amide bonds. The van der Waals surface area contributed by atoms with Gasteiger partial charge in [-0.15, -0.1) is 0 Å². The van der Waals surface area contributed by atoms with E-state index in [1.54, 1.807) is 19.5 Å². The summed E-state index contributed by atoms with van der Waals surface area (Å²) in [7, 11) is 1.64. The lowest BCUT2D eigenvalue weighted by Gasteiger charge is -2.09. The van der Waals surface area contributed by atoms with E-state index in [-0.39, 0.29) is 0 Å². The molecule has 0 unspecified atom stereocenters. The summed E-state index contributed by atoms with van der Waals surface area (Å²) in [6.07, 6.45) is 3.47. The lowest BCUT2D eigenvalue weighted by molar-refractivity contribution is 0.415. The number of methoxy groups -OCH3 is 1. The minimum absolute atomic E-state index is 0.630. The highest BCUT2D eigenvalue weighted by Gasteiger charge is 2.17. The zero-order valence-corrected chi connectivity index (χ0v) is 14.7. The zero-order valence-electron chi connectivity index (χ0n) is 14.0. The number of pyridine rings is 1. The van der Waals surface area contributed by atoms with E-state index in [4.69, 9.17) is 21.3 Å². The van der Waals surface area contributed by atoms with Crippen LogP contribution in [-0.4, -0.2) is 23.6 Å². The van der Waals surface area contributed by atoms with Crippen molar-refractivity contribution in [2.75, 3.05) is 7.11 Å². The lowest BCUT2D eigenvalue weighted by atomic mass is 10.0. The lowest BCUT2D eigenvalue weighted by Crippen LogP contribution is -2.19. The van der Waals surface area contributed by atoms with Crippen LogP contribution in [0, 0.1) is 0 Å². The molecule has 0 aliphatic carbocycles. The van der Waals surface area contributed by atoms with Crippen LogP contribution >= 0.6 is 11.6 Å². The Morgan fingerprint density at radius 2 is 1.85 bits per heavy atom. The Labute approximate surface area is 156 Å². The molecule has 2 heterocycles. The predicted octanol–water partition coefficient (Wildman–Crippen LogP) is 4.18. The Morgan fingerprint density at radius 3 is 2.58 bits per heavy atom. The van der Waals surface area contributed by atoms with Gasteiger partial charge in [0.1, 0.15) is 11.5 Å². The van der Waals surface area contributed by atoms with Gasteiger partial charge in [0.15, 0.2) is 5.84 Å². The summed E-state index contributed by atoms with van der Waals surface area (Å²) >= 11 is 6.23. The first-order valence-electron chi connectivity index (χ1n) is 8.02. The summed E-state index contributed by atoms with van der Waals surface area (Å²) in [4.78, 5) is 8.88. The maximum Gasteiger partial charge on any atom is 0.155 e. The summed E-state index contributed by atoms with van der Waals surface area (Å²) in [5.74, 6) is 1.42. The molecule has 0 fully saturated rings. The quantitative estimate of drug-likeness (QED) is 0.760. The van der Waals surface area contributed by atoms with Crippen LogP contribution in [-0.2, 0) is 0 Å². The fourth-order valence-corrected chi connectivity index (χ4v) is 2.88. The average Bonchev–Trinajstić information content (AvgIpc) is 2.88. The third-order valence-electron chi connectivity index (χ3n) is 4.02. The standard InChI is InChI=1S/C20H15ClN4O/c1-26-16-7-4-13(5-8-16)19-17-11-15(21)6-9-18(17)23-20(25-24-19)14-3-2-10-22-12-14/h2-12H,1H3,(H,23,25). The van der Waals surface area contributed by atoms with E-state index in [2.05, 4.69) is 15.5 Å². The zero-order chi connectivity index (χ0) is 17.9. The van der Waals surface area contributed by atoms with Crippen LogP contribution in [0.5, 0.6) is 5.75 Å². The SMILES string of the molecule is COc1ccc(C2=NNC(c3cccnc3)=Nc3ccc(Cl)cc32)cc1. The van der Waals surface area contributed by atoms with Gasteiger partial charge in [0.05, 0.1) is 12.8 Å². The van der Waals surface area contributed by atoms with Gasteiger partial charge in [0.25, 0.3) is 0 Å². The molecule has 6 heteroatoms. The fraction of sp³-hybridized carbons (Fsp3) is 0.0500. The largest absolute Gasteiger partial charge is 0.497 e. The summed E-state index contributed by atoms with van der Waals surface area (Å²) in [6, 6.07) is 17.1. The van der Waals surface area contributed by atoms with E-state index in [0.717, 1.165) is 33.8 Å². The Kier molecular flexibility index (Phi) is 4.37. The summed E-state index contributed by atoms with van der Waals surface area (Å²) in [6.45, 7) is 0. The number of hydrazone groups is 1. The van der Waals surface area contributed by atoms with Crippen molar-refractivity contribution in [3.63, 3.8) is 0 Å². The van der Waals surface area contributed by atoms with Crippen LogP contribution in [0.2, 0.25) is 5.02 Å². The third kappa shape index (κ3) is 3.17. The monoisotopic (exact) mass is 362 g/mol. The molecule has 1 aromatic heterocycles. The molecule has 1 aliphatic heterocycles. The molecule has 5 nitrogen and oxygen atoms in total. The van der Waals surface area contributed by atoms with Gasteiger partial charge in [-0.1, -0.05) is 11.6 Å². The number of hydrogen-bond acceptors (Lipinski definition) is 5. The third-order valence-corrected chi connectivity index (χ3v) is 4.25. The number of aliphatic imine (C=N–C) groups is 1. The van der Waals surface area contributed by atoms with Crippen LogP contribution in [0.15, 0.2) is 77.1 Å². The van der Waals surface area contributed by atoms with Crippen LogP contribution in [0.25, 0.3) is 0 Å². The van der Waals surface area contributed by atoms with E-state index in [0.29, 0.717) is 10.9 Å². The molecule has 0 spiro atoms. The highest BCUT2D eigenvalue weighted by Crippen LogP contribution is 2.29. The molecule has 1 N–H and O–H groups in total. The summed E-state index contributed by atoms with van der Waals surface area (Å²) < 4.78 is 5.24. The molecule has 1 aliphatic rings. The number of fused-ring (bicyclic) bond motifs is 1. The number of benzene rings is 2. The van der Waals surface area contributed by atoms with E-state index in [1.165, 1.54) is 0 Å². The van der Waals surface area contributed by atoms with Crippen molar-refractivity contribution in [1.29, 1.82) is 0 Å². The van der Waals surface area contributed by atoms with Gasteiger partial charge in [0.2, 0.25) is 0 Å². The molecule has 3 aromatic rings. The highest BCUT2D eigenvalue weighted by molar-refractivity contribution is 6.31. The predicted molar refractivity (Wildman–Crippen MR) is 104 cm³/mol. The molecule has 0 saturated heterocycles. The number of amidine groups is 1. The van der Waals surface area contributed by atoms with Crippen molar-refractivity contribution in [2.24, 2.45) is 10.1 Å². The maximum absolute atomic E-state index is 6.23. The number of rotatable bonds is 3. The number of halogens is 1. The van der Waals surface area contributed by atoms with Crippen molar-refractivity contribution in [3.8, 4) is 5.75 Å². The van der Waals surface area contributed by atoms with E-state index in [9.17, 15) is 0 Å². The Bertz CT molecular complexity index is 998.